The van der Waals surface area contributed by atoms with Crippen LogP contribution < -0.4 is 9.47 Å². The highest BCUT2D eigenvalue weighted by Crippen LogP contribution is 2.41. The molecular formula is C27H35ClN2O3. The van der Waals surface area contributed by atoms with Crippen LogP contribution in [0.3, 0.4) is 0 Å². The third-order valence-corrected chi connectivity index (χ3v) is 7.21. The van der Waals surface area contributed by atoms with Gasteiger partial charge in [-0.1, -0.05) is 43.6 Å². The molecule has 1 amide bonds. The summed E-state index contributed by atoms with van der Waals surface area (Å²) in [5, 5.41) is 0.574. The summed E-state index contributed by atoms with van der Waals surface area (Å²) in [4.78, 5) is 17.7. The van der Waals surface area contributed by atoms with Gasteiger partial charge in [-0.05, 0) is 68.0 Å². The lowest BCUT2D eigenvalue weighted by Gasteiger charge is -2.39. The maximum atomic E-state index is 13.2. The Morgan fingerprint density at radius 3 is 2.52 bits per heavy atom. The van der Waals surface area contributed by atoms with Crippen LogP contribution in [0.1, 0.15) is 49.0 Å². The fourth-order valence-electron chi connectivity index (χ4n) is 4.99. The van der Waals surface area contributed by atoms with Crippen molar-refractivity contribution in [2.75, 3.05) is 39.9 Å². The van der Waals surface area contributed by atoms with Crippen molar-refractivity contribution >= 4 is 17.5 Å². The zero-order valence-electron chi connectivity index (χ0n) is 20.0. The number of methoxy groups -OCH3 is 1. The van der Waals surface area contributed by atoms with Crippen LogP contribution in [0.4, 0.5) is 0 Å². The van der Waals surface area contributed by atoms with Gasteiger partial charge in [-0.15, -0.1) is 0 Å². The summed E-state index contributed by atoms with van der Waals surface area (Å²) in [5.41, 5.74) is 2.07. The Balaban J connectivity index is 1.35. The number of amides is 1. The quantitative estimate of drug-likeness (QED) is 0.535. The number of carbonyl (C=O) groups excluding carboxylic acids is 1. The number of hydrogen-bond donors (Lipinski definition) is 0. The topological polar surface area (TPSA) is 42.0 Å². The summed E-state index contributed by atoms with van der Waals surface area (Å²) in [6.07, 6.45) is 3.30. The normalized spacial score (nSPS) is 18.2. The van der Waals surface area contributed by atoms with Crippen LogP contribution in [0.2, 0.25) is 5.02 Å². The first kappa shape index (κ1) is 23.9. The van der Waals surface area contributed by atoms with Crippen LogP contribution >= 0.6 is 11.6 Å². The number of halogens is 1. The molecule has 6 heteroatoms. The molecule has 2 saturated heterocycles. The first-order valence-corrected chi connectivity index (χ1v) is 12.3. The molecular weight excluding hydrogens is 436 g/mol. The fraction of sp³-hybridized carbons (Fsp3) is 0.519. The van der Waals surface area contributed by atoms with E-state index in [2.05, 4.69) is 36.9 Å². The van der Waals surface area contributed by atoms with Gasteiger partial charge in [0.2, 0.25) is 0 Å². The maximum absolute atomic E-state index is 13.2. The Labute approximate surface area is 202 Å². The van der Waals surface area contributed by atoms with Gasteiger partial charge in [0.1, 0.15) is 11.5 Å². The van der Waals surface area contributed by atoms with Gasteiger partial charge >= 0.3 is 0 Å². The second kappa shape index (κ2) is 10.4. The van der Waals surface area contributed by atoms with Crippen LogP contribution in [0.5, 0.6) is 11.5 Å². The molecule has 33 heavy (non-hydrogen) atoms. The van der Waals surface area contributed by atoms with Crippen molar-refractivity contribution in [3.8, 4) is 11.5 Å². The highest BCUT2D eigenvalue weighted by molar-refractivity contribution is 6.30. The van der Waals surface area contributed by atoms with Crippen molar-refractivity contribution < 1.29 is 14.3 Å². The standard InChI is InChI=1S/C27H35ClN2O3/c1-20(2)18-33-24-7-5-4-6-21(24)17-29-13-10-27(11-14-29)12-15-30(19-27)26(31)23-9-8-22(28)16-25(23)32-3/h4-9,16,20H,10-15,17-19H2,1-3H3. The van der Waals surface area contributed by atoms with E-state index in [1.165, 1.54) is 5.56 Å². The summed E-state index contributed by atoms with van der Waals surface area (Å²) < 4.78 is 11.5. The monoisotopic (exact) mass is 470 g/mol. The fourth-order valence-corrected chi connectivity index (χ4v) is 5.15. The van der Waals surface area contributed by atoms with Gasteiger partial charge in [0.05, 0.1) is 19.3 Å². The molecule has 4 rings (SSSR count). The summed E-state index contributed by atoms with van der Waals surface area (Å²) in [6, 6.07) is 13.6. The number of hydrogen-bond acceptors (Lipinski definition) is 4. The first-order valence-electron chi connectivity index (χ1n) is 11.9. The molecule has 0 aliphatic carbocycles. The number of piperidine rings is 1. The number of benzene rings is 2. The number of likely N-dealkylation sites (tertiary alicyclic amines) is 2. The SMILES string of the molecule is COc1cc(Cl)ccc1C(=O)N1CCC2(CCN(Cc3ccccc3OCC(C)C)CC2)C1. The Bertz CT molecular complexity index is 970. The second-order valence-electron chi connectivity index (χ2n) is 9.91. The van der Waals surface area contributed by atoms with Gasteiger partial charge in [0, 0.05) is 30.2 Å². The van der Waals surface area contributed by atoms with E-state index in [9.17, 15) is 4.79 Å². The number of rotatable bonds is 7. The predicted octanol–water partition coefficient (Wildman–Crippen LogP) is 5.51. The zero-order chi connectivity index (χ0) is 23.4. The number of para-hydroxylation sites is 1. The minimum atomic E-state index is 0.0408. The lowest BCUT2D eigenvalue weighted by atomic mass is 9.77. The molecule has 0 aromatic heterocycles. The van der Waals surface area contributed by atoms with E-state index in [-0.39, 0.29) is 11.3 Å². The lowest BCUT2D eigenvalue weighted by Crippen LogP contribution is -2.42. The van der Waals surface area contributed by atoms with Crippen LogP contribution in [-0.4, -0.2) is 55.6 Å². The lowest BCUT2D eigenvalue weighted by molar-refractivity contribution is 0.0709. The second-order valence-corrected chi connectivity index (χ2v) is 10.3. The molecule has 0 unspecified atom stereocenters. The summed E-state index contributed by atoms with van der Waals surface area (Å²) in [5.74, 6) is 2.09. The Kier molecular flexibility index (Phi) is 7.50. The summed E-state index contributed by atoms with van der Waals surface area (Å²) in [7, 11) is 1.58. The molecule has 2 aromatic rings. The molecule has 2 heterocycles. The van der Waals surface area contributed by atoms with Crippen molar-refractivity contribution in [1.82, 2.24) is 9.80 Å². The molecule has 0 bridgehead atoms. The van der Waals surface area contributed by atoms with Gasteiger partial charge < -0.3 is 14.4 Å². The Morgan fingerprint density at radius 1 is 1.06 bits per heavy atom. The molecule has 2 fully saturated rings. The minimum absolute atomic E-state index is 0.0408. The molecule has 2 aliphatic heterocycles. The first-order chi connectivity index (χ1) is 15.9. The molecule has 5 nitrogen and oxygen atoms in total. The van der Waals surface area contributed by atoms with Crippen LogP contribution in [0.25, 0.3) is 0 Å². The summed E-state index contributed by atoms with van der Waals surface area (Å²) >= 11 is 6.07. The van der Waals surface area contributed by atoms with Crippen LogP contribution in [0, 0.1) is 11.3 Å². The molecule has 2 aliphatic rings. The van der Waals surface area contributed by atoms with E-state index in [0.717, 1.165) is 64.3 Å². The zero-order valence-corrected chi connectivity index (χ0v) is 20.7. The molecule has 0 saturated carbocycles. The van der Waals surface area contributed by atoms with E-state index in [0.29, 0.717) is 22.3 Å². The molecule has 0 N–H and O–H groups in total. The Hall–Kier alpha value is -2.24. The van der Waals surface area contributed by atoms with E-state index < -0.39 is 0 Å². The minimum Gasteiger partial charge on any atom is -0.496 e. The van der Waals surface area contributed by atoms with Crippen molar-refractivity contribution in [1.29, 1.82) is 0 Å². The Morgan fingerprint density at radius 2 is 1.79 bits per heavy atom. The smallest absolute Gasteiger partial charge is 0.257 e. The highest BCUT2D eigenvalue weighted by Gasteiger charge is 2.42. The molecule has 1 spiro atoms. The van der Waals surface area contributed by atoms with Crippen molar-refractivity contribution in [3.05, 3.63) is 58.6 Å². The number of nitrogens with zero attached hydrogens (tertiary/aromatic N) is 2. The average molecular weight is 471 g/mol. The number of carbonyl (C=O) groups is 1. The van der Waals surface area contributed by atoms with E-state index in [1.807, 2.05) is 11.0 Å². The molecule has 178 valence electrons. The summed E-state index contributed by atoms with van der Waals surface area (Å²) in [6.45, 7) is 9.71. The van der Waals surface area contributed by atoms with Crippen molar-refractivity contribution in [3.63, 3.8) is 0 Å². The highest BCUT2D eigenvalue weighted by atomic mass is 35.5. The largest absolute Gasteiger partial charge is 0.496 e. The van der Waals surface area contributed by atoms with Crippen molar-refractivity contribution in [2.24, 2.45) is 11.3 Å². The van der Waals surface area contributed by atoms with Gasteiger partial charge in [-0.25, -0.2) is 0 Å². The van der Waals surface area contributed by atoms with Crippen molar-refractivity contribution in [2.45, 2.75) is 39.7 Å². The van der Waals surface area contributed by atoms with Gasteiger partial charge in [0.15, 0.2) is 0 Å². The van der Waals surface area contributed by atoms with Gasteiger partial charge in [0.25, 0.3) is 5.91 Å². The van der Waals surface area contributed by atoms with Crippen LogP contribution in [-0.2, 0) is 6.54 Å². The molecule has 0 atom stereocenters. The average Bonchev–Trinajstić information content (AvgIpc) is 3.23. The maximum Gasteiger partial charge on any atom is 0.257 e. The number of ether oxygens (including phenoxy) is 2. The molecule has 2 aromatic carbocycles. The van der Waals surface area contributed by atoms with E-state index >= 15 is 0 Å². The van der Waals surface area contributed by atoms with Gasteiger partial charge in [-0.3, -0.25) is 9.69 Å². The third kappa shape index (κ3) is 5.64. The third-order valence-electron chi connectivity index (χ3n) is 6.97. The molecule has 0 radical (unpaired) electrons. The van der Waals surface area contributed by atoms with Gasteiger partial charge in [-0.2, -0.15) is 0 Å². The van der Waals surface area contributed by atoms with E-state index in [1.54, 1.807) is 25.3 Å². The van der Waals surface area contributed by atoms with E-state index in [4.69, 9.17) is 21.1 Å². The predicted molar refractivity (Wildman–Crippen MR) is 132 cm³/mol. The van der Waals surface area contributed by atoms with Crippen LogP contribution in [0.15, 0.2) is 42.5 Å².